The Morgan fingerprint density at radius 3 is 3.13 bits per heavy atom. The van der Waals surface area contributed by atoms with E-state index >= 15 is 0 Å². The maximum Gasteiger partial charge on any atom is 0.244 e. The molecule has 0 spiro atoms. The van der Waals surface area contributed by atoms with Gasteiger partial charge in [0.1, 0.15) is 22.8 Å². The number of nitrogens with zero attached hydrogens (tertiary/aromatic N) is 3. The summed E-state index contributed by atoms with van der Waals surface area (Å²) >= 11 is 6.07. The van der Waals surface area contributed by atoms with E-state index in [0.29, 0.717) is 36.0 Å². The van der Waals surface area contributed by atoms with Crippen molar-refractivity contribution in [1.82, 2.24) is 19.5 Å². The van der Waals surface area contributed by atoms with Crippen molar-refractivity contribution in [2.24, 2.45) is 0 Å². The fourth-order valence-electron chi connectivity index (χ4n) is 3.09. The van der Waals surface area contributed by atoms with E-state index < -0.39 is 16.1 Å². The van der Waals surface area contributed by atoms with Gasteiger partial charge in [0.25, 0.3) is 0 Å². The maximum atomic E-state index is 12.8. The Bertz CT molecular complexity index is 865. The molecule has 0 amide bonds. The predicted octanol–water partition coefficient (Wildman–Crippen LogP) is 1.68. The fourth-order valence-corrected chi connectivity index (χ4v) is 4.83. The van der Waals surface area contributed by atoms with Gasteiger partial charge in [-0.1, -0.05) is 11.6 Å². The van der Waals surface area contributed by atoms with Crippen molar-refractivity contribution < 1.29 is 13.2 Å². The van der Waals surface area contributed by atoms with Crippen molar-refractivity contribution >= 4 is 21.6 Å². The summed E-state index contributed by atoms with van der Waals surface area (Å²) in [5, 5.41) is 4.50. The van der Waals surface area contributed by atoms with E-state index in [1.54, 1.807) is 10.7 Å². The average molecular weight is 355 g/mol. The van der Waals surface area contributed by atoms with Crippen LogP contribution in [0.3, 0.4) is 0 Å². The van der Waals surface area contributed by atoms with Gasteiger partial charge in [0, 0.05) is 23.6 Å². The molecule has 0 radical (unpaired) electrons. The second-order valence-corrected chi connectivity index (χ2v) is 7.77. The molecule has 2 aliphatic heterocycles. The molecule has 7 nitrogen and oxygen atoms in total. The zero-order valence-corrected chi connectivity index (χ0v) is 13.8. The van der Waals surface area contributed by atoms with Crippen molar-refractivity contribution in [1.29, 1.82) is 0 Å². The summed E-state index contributed by atoms with van der Waals surface area (Å²) in [4.78, 5) is 4.27. The number of aryl methyl sites for hydroxylation is 1. The third-order valence-corrected chi connectivity index (χ3v) is 5.82. The Morgan fingerprint density at radius 1 is 1.39 bits per heavy atom. The Morgan fingerprint density at radius 2 is 2.26 bits per heavy atom. The summed E-state index contributed by atoms with van der Waals surface area (Å²) in [6, 6.07) is 2.79. The molecule has 122 valence electrons. The first-order chi connectivity index (χ1) is 11.0. The second kappa shape index (κ2) is 5.47. The van der Waals surface area contributed by atoms with Gasteiger partial charge in [-0.25, -0.2) is 22.8 Å². The highest BCUT2D eigenvalue weighted by Crippen LogP contribution is 2.36. The number of aromatic nitrogens is 3. The molecule has 23 heavy (non-hydrogen) atoms. The van der Waals surface area contributed by atoms with Crippen LogP contribution in [0.2, 0.25) is 5.02 Å². The minimum atomic E-state index is -3.77. The summed E-state index contributed by atoms with van der Waals surface area (Å²) in [6.45, 7) is 1.22. The molecule has 1 aromatic carbocycles. The molecule has 2 aliphatic rings. The van der Waals surface area contributed by atoms with Gasteiger partial charge in [0.2, 0.25) is 10.0 Å². The SMILES string of the molecule is O=S(=O)(NC1CCCn2ncnc21)c1cc(Cl)cc2c1OCC2. The Hall–Kier alpha value is -1.64. The predicted molar refractivity (Wildman–Crippen MR) is 83.0 cm³/mol. The normalized spacial score (nSPS) is 20.0. The molecule has 0 aliphatic carbocycles. The zero-order chi connectivity index (χ0) is 16.0. The lowest BCUT2D eigenvalue weighted by Crippen LogP contribution is -2.33. The quantitative estimate of drug-likeness (QED) is 0.906. The molecule has 0 fully saturated rings. The van der Waals surface area contributed by atoms with Gasteiger partial charge in [0.05, 0.1) is 12.6 Å². The first-order valence-electron chi connectivity index (χ1n) is 7.40. The zero-order valence-electron chi connectivity index (χ0n) is 12.2. The Balaban J connectivity index is 1.71. The number of sulfonamides is 1. The molecule has 4 rings (SSSR count). The second-order valence-electron chi connectivity index (χ2n) is 5.65. The topological polar surface area (TPSA) is 86.1 Å². The lowest BCUT2D eigenvalue weighted by molar-refractivity contribution is 0.347. The summed E-state index contributed by atoms with van der Waals surface area (Å²) in [5.74, 6) is 1.04. The monoisotopic (exact) mass is 354 g/mol. The van der Waals surface area contributed by atoms with E-state index in [1.807, 2.05) is 0 Å². The summed E-state index contributed by atoms with van der Waals surface area (Å²) in [5.41, 5.74) is 0.824. The number of hydrogen-bond donors (Lipinski definition) is 1. The van der Waals surface area contributed by atoms with Crippen molar-refractivity contribution in [2.45, 2.75) is 36.7 Å². The van der Waals surface area contributed by atoms with Gasteiger partial charge in [-0.2, -0.15) is 5.10 Å². The van der Waals surface area contributed by atoms with Crippen LogP contribution in [-0.2, 0) is 23.0 Å². The van der Waals surface area contributed by atoms with Crippen molar-refractivity contribution in [2.75, 3.05) is 6.61 Å². The largest absolute Gasteiger partial charge is 0.492 e. The molecule has 1 atom stereocenters. The highest BCUT2D eigenvalue weighted by atomic mass is 35.5. The van der Waals surface area contributed by atoms with Crippen LogP contribution >= 0.6 is 11.6 Å². The van der Waals surface area contributed by atoms with E-state index in [9.17, 15) is 8.42 Å². The number of ether oxygens (including phenoxy) is 1. The number of rotatable bonds is 3. The van der Waals surface area contributed by atoms with Crippen molar-refractivity contribution in [3.05, 3.63) is 34.9 Å². The fraction of sp³-hybridized carbons (Fsp3) is 0.429. The molecule has 1 aromatic heterocycles. The number of halogens is 1. The molecular weight excluding hydrogens is 340 g/mol. The van der Waals surface area contributed by atoms with E-state index in [-0.39, 0.29) is 4.90 Å². The summed E-state index contributed by atoms with van der Waals surface area (Å²) < 4.78 is 35.6. The van der Waals surface area contributed by atoms with Crippen LogP contribution in [0.5, 0.6) is 5.75 Å². The van der Waals surface area contributed by atoms with E-state index in [2.05, 4.69) is 14.8 Å². The highest BCUT2D eigenvalue weighted by Gasteiger charge is 2.31. The van der Waals surface area contributed by atoms with Crippen LogP contribution in [0, 0.1) is 0 Å². The van der Waals surface area contributed by atoms with E-state index in [0.717, 1.165) is 18.5 Å². The number of benzene rings is 1. The van der Waals surface area contributed by atoms with Crippen LogP contribution in [0.15, 0.2) is 23.4 Å². The third kappa shape index (κ3) is 2.60. The minimum Gasteiger partial charge on any atom is -0.492 e. The van der Waals surface area contributed by atoms with Crippen molar-refractivity contribution in [3.63, 3.8) is 0 Å². The first-order valence-corrected chi connectivity index (χ1v) is 9.26. The number of fused-ring (bicyclic) bond motifs is 2. The molecular formula is C14H15ClN4O3S. The van der Waals surface area contributed by atoms with Gasteiger partial charge >= 0.3 is 0 Å². The van der Waals surface area contributed by atoms with E-state index in [4.69, 9.17) is 16.3 Å². The molecule has 2 aromatic rings. The Labute approximate surface area is 138 Å². The van der Waals surface area contributed by atoms with Gasteiger partial charge in [-0.05, 0) is 25.0 Å². The molecule has 0 saturated heterocycles. The third-order valence-electron chi connectivity index (χ3n) is 4.12. The lowest BCUT2D eigenvalue weighted by Gasteiger charge is -2.23. The molecule has 3 heterocycles. The van der Waals surface area contributed by atoms with Gasteiger partial charge in [-0.15, -0.1) is 0 Å². The summed E-state index contributed by atoms with van der Waals surface area (Å²) in [6.07, 6.45) is 3.63. The molecule has 9 heteroatoms. The minimum absolute atomic E-state index is 0.0918. The maximum absolute atomic E-state index is 12.8. The number of hydrogen-bond acceptors (Lipinski definition) is 5. The number of nitrogens with one attached hydrogen (secondary N) is 1. The van der Waals surface area contributed by atoms with Gasteiger partial charge in [0.15, 0.2) is 0 Å². The van der Waals surface area contributed by atoms with Crippen LogP contribution in [0.1, 0.15) is 30.3 Å². The summed E-state index contributed by atoms with van der Waals surface area (Å²) in [7, 11) is -3.77. The first kappa shape index (κ1) is 14.9. The van der Waals surface area contributed by atoms with Crippen LogP contribution < -0.4 is 9.46 Å². The molecule has 1 N–H and O–H groups in total. The van der Waals surface area contributed by atoms with E-state index in [1.165, 1.54) is 12.4 Å². The smallest absolute Gasteiger partial charge is 0.244 e. The standard InChI is InChI=1S/C14H15ClN4O3S/c15-10-6-9-3-5-22-13(9)12(7-10)23(20,21)18-11-2-1-4-19-14(11)16-8-17-19/h6-8,11,18H,1-5H2. The van der Waals surface area contributed by atoms with Crippen LogP contribution in [0.25, 0.3) is 0 Å². The van der Waals surface area contributed by atoms with Gasteiger partial charge in [-0.3, -0.25) is 0 Å². The Kier molecular flexibility index (Phi) is 3.55. The molecule has 0 saturated carbocycles. The van der Waals surface area contributed by atoms with Crippen molar-refractivity contribution in [3.8, 4) is 5.75 Å². The lowest BCUT2D eigenvalue weighted by atomic mass is 10.1. The van der Waals surface area contributed by atoms with Gasteiger partial charge < -0.3 is 4.74 Å². The molecule has 1 unspecified atom stereocenters. The van der Waals surface area contributed by atoms with Crippen LogP contribution in [0.4, 0.5) is 0 Å². The molecule has 0 bridgehead atoms. The average Bonchev–Trinajstić information content (AvgIpc) is 3.14. The van der Waals surface area contributed by atoms with Crippen LogP contribution in [-0.4, -0.2) is 29.8 Å². The highest BCUT2D eigenvalue weighted by molar-refractivity contribution is 7.89.